The number of thiophene rings is 1. The van der Waals surface area contributed by atoms with Crippen molar-refractivity contribution in [3.63, 3.8) is 0 Å². The molecule has 0 amide bonds. The van der Waals surface area contributed by atoms with Gasteiger partial charge in [0.2, 0.25) is 0 Å². The summed E-state index contributed by atoms with van der Waals surface area (Å²) in [6.07, 6.45) is 2.45. The Labute approximate surface area is 129 Å². The molecule has 0 atom stereocenters. The maximum Gasteiger partial charge on any atom is 0.252 e. The van der Waals surface area contributed by atoms with E-state index in [1.807, 2.05) is 13.0 Å². The number of alkyl halides is 1. The summed E-state index contributed by atoms with van der Waals surface area (Å²) in [6.45, 7) is 3.72. The minimum absolute atomic E-state index is 0.196. The van der Waals surface area contributed by atoms with Gasteiger partial charge in [0.15, 0.2) is 0 Å². The third-order valence-corrected chi connectivity index (χ3v) is 7.08. The van der Waals surface area contributed by atoms with E-state index in [2.05, 4.69) is 0 Å². The maximum absolute atomic E-state index is 12.5. The van der Waals surface area contributed by atoms with Crippen molar-refractivity contribution in [3.05, 3.63) is 17.0 Å². The first-order chi connectivity index (χ1) is 9.57. The number of ether oxygens (including phenoxy) is 1. The van der Waals surface area contributed by atoms with Crippen molar-refractivity contribution in [3.8, 4) is 0 Å². The molecule has 20 heavy (non-hydrogen) atoms. The van der Waals surface area contributed by atoms with E-state index < -0.39 is 10.0 Å². The van der Waals surface area contributed by atoms with Crippen molar-refractivity contribution in [2.45, 2.75) is 36.5 Å². The van der Waals surface area contributed by atoms with Crippen molar-refractivity contribution >= 4 is 33.0 Å². The predicted octanol–water partition coefficient (Wildman–Crippen LogP) is 2.72. The second-order valence-corrected chi connectivity index (χ2v) is 8.43. The van der Waals surface area contributed by atoms with Gasteiger partial charge in [-0.1, -0.05) is 0 Å². The highest BCUT2D eigenvalue weighted by Gasteiger charge is 2.30. The van der Waals surface area contributed by atoms with Gasteiger partial charge in [-0.2, -0.15) is 4.31 Å². The Morgan fingerprint density at radius 1 is 1.40 bits per heavy atom. The monoisotopic (exact) mass is 337 g/mol. The van der Waals surface area contributed by atoms with Crippen LogP contribution in [0.1, 0.15) is 24.6 Å². The second kappa shape index (κ2) is 7.22. The van der Waals surface area contributed by atoms with Gasteiger partial charge >= 0.3 is 0 Å². The van der Waals surface area contributed by atoms with Crippen LogP contribution in [0.3, 0.4) is 0 Å². The van der Waals surface area contributed by atoms with E-state index in [0.29, 0.717) is 36.2 Å². The predicted molar refractivity (Wildman–Crippen MR) is 82.1 cm³/mol. The zero-order valence-electron chi connectivity index (χ0n) is 11.5. The number of rotatable bonds is 6. The number of nitrogens with zero attached hydrogens (tertiary/aromatic N) is 1. The topological polar surface area (TPSA) is 46.6 Å². The number of sulfonamides is 1. The molecule has 2 heterocycles. The number of piperidine rings is 1. The van der Waals surface area contributed by atoms with Crippen molar-refractivity contribution < 1.29 is 13.2 Å². The maximum atomic E-state index is 12.5. The Morgan fingerprint density at radius 3 is 2.70 bits per heavy atom. The molecule has 0 aliphatic carbocycles. The largest absolute Gasteiger partial charge is 0.378 e. The fourth-order valence-electron chi connectivity index (χ4n) is 2.33. The van der Waals surface area contributed by atoms with Gasteiger partial charge < -0.3 is 4.74 Å². The molecule has 0 spiro atoms. The van der Waals surface area contributed by atoms with Gasteiger partial charge in [0.1, 0.15) is 4.21 Å². The van der Waals surface area contributed by atoms with Gasteiger partial charge in [-0.15, -0.1) is 22.9 Å². The first kappa shape index (κ1) is 16.2. The summed E-state index contributed by atoms with van der Waals surface area (Å²) in [5, 5.41) is 0. The van der Waals surface area contributed by atoms with Crippen LogP contribution in [0.5, 0.6) is 0 Å². The molecule has 1 fully saturated rings. The molecule has 1 aliphatic heterocycles. The normalized spacial score (nSPS) is 18.5. The molecule has 1 aliphatic rings. The van der Waals surface area contributed by atoms with E-state index in [9.17, 15) is 8.42 Å². The Balaban J connectivity index is 2.03. The van der Waals surface area contributed by atoms with Gasteiger partial charge in [-0.05, 0) is 38.3 Å². The van der Waals surface area contributed by atoms with Crippen LogP contribution in [0.2, 0.25) is 0 Å². The van der Waals surface area contributed by atoms with Crippen LogP contribution >= 0.6 is 22.9 Å². The molecule has 1 saturated heterocycles. The lowest BCUT2D eigenvalue weighted by molar-refractivity contribution is 0.0290. The van der Waals surface area contributed by atoms with Crippen molar-refractivity contribution in [2.24, 2.45) is 0 Å². The highest BCUT2D eigenvalue weighted by Crippen LogP contribution is 2.28. The molecule has 114 valence electrons. The molecule has 0 bridgehead atoms. The lowest BCUT2D eigenvalue weighted by atomic mass is 10.1. The third kappa shape index (κ3) is 3.74. The van der Waals surface area contributed by atoms with Crippen molar-refractivity contribution in [1.82, 2.24) is 4.31 Å². The van der Waals surface area contributed by atoms with E-state index in [1.165, 1.54) is 11.3 Å². The van der Waals surface area contributed by atoms with Gasteiger partial charge in [0, 0.05) is 30.5 Å². The van der Waals surface area contributed by atoms with Crippen LogP contribution in [0.4, 0.5) is 0 Å². The lowest BCUT2D eigenvalue weighted by Gasteiger charge is -2.30. The SMILES string of the molecule is CCOC1CCN(S(=O)(=O)c2ccc(CCCl)s2)CC1. The minimum atomic E-state index is -3.34. The average Bonchev–Trinajstić information content (AvgIpc) is 2.90. The number of aryl methyl sites for hydroxylation is 1. The number of hydrogen-bond donors (Lipinski definition) is 0. The van der Waals surface area contributed by atoms with Crippen LogP contribution in [0.15, 0.2) is 16.3 Å². The fraction of sp³-hybridized carbons (Fsp3) is 0.692. The molecule has 1 aromatic heterocycles. The molecular formula is C13H20ClNO3S2. The highest BCUT2D eigenvalue weighted by atomic mass is 35.5. The van der Waals surface area contributed by atoms with E-state index in [1.54, 1.807) is 10.4 Å². The zero-order valence-corrected chi connectivity index (χ0v) is 13.9. The summed E-state index contributed by atoms with van der Waals surface area (Å²) in [4.78, 5) is 1.02. The Bertz CT molecular complexity index is 521. The molecule has 0 N–H and O–H groups in total. The fourth-order valence-corrected chi connectivity index (χ4v) is 5.62. The lowest BCUT2D eigenvalue weighted by Crippen LogP contribution is -2.40. The number of hydrogen-bond acceptors (Lipinski definition) is 4. The first-order valence-electron chi connectivity index (χ1n) is 6.84. The molecule has 0 aromatic carbocycles. The molecular weight excluding hydrogens is 318 g/mol. The smallest absolute Gasteiger partial charge is 0.252 e. The summed E-state index contributed by atoms with van der Waals surface area (Å²) >= 11 is 7.01. The van der Waals surface area contributed by atoms with E-state index in [-0.39, 0.29) is 6.10 Å². The quantitative estimate of drug-likeness (QED) is 0.750. The summed E-state index contributed by atoms with van der Waals surface area (Å²) in [5.41, 5.74) is 0. The summed E-state index contributed by atoms with van der Waals surface area (Å²) in [6, 6.07) is 3.55. The van der Waals surface area contributed by atoms with Gasteiger partial charge in [-0.3, -0.25) is 0 Å². The van der Waals surface area contributed by atoms with Crippen LogP contribution < -0.4 is 0 Å². The Morgan fingerprint density at radius 2 is 2.10 bits per heavy atom. The molecule has 4 nitrogen and oxygen atoms in total. The molecule has 0 unspecified atom stereocenters. The standard InChI is InChI=1S/C13H20ClNO3S2/c1-2-18-11-6-9-15(10-7-11)20(16,17)13-4-3-12(19-13)5-8-14/h3-4,11H,2,5-10H2,1H3. The second-order valence-electron chi connectivity index (χ2n) is 4.72. The highest BCUT2D eigenvalue weighted by molar-refractivity contribution is 7.91. The molecule has 2 rings (SSSR count). The number of halogens is 1. The first-order valence-corrected chi connectivity index (χ1v) is 9.63. The summed E-state index contributed by atoms with van der Waals surface area (Å²) in [5.74, 6) is 0.514. The average molecular weight is 338 g/mol. The third-order valence-electron chi connectivity index (χ3n) is 3.38. The molecule has 1 aromatic rings. The molecule has 0 radical (unpaired) electrons. The van der Waals surface area contributed by atoms with E-state index in [0.717, 1.165) is 17.7 Å². The van der Waals surface area contributed by atoms with Crippen molar-refractivity contribution in [1.29, 1.82) is 0 Å². The van der Waals surface area contributed by atoms with E-state index in [4.69, 9.17) is 16.3 Å². The molecule has 0 saturated carbocycles. The van der Waals surface area contributed by atoms with Gasteiger partial charge in [0.05, 0.1) is 6.10 Å². The van der Waals surface area contributed by atoms with Crippen LogP contribution in [-0.4, -0.2) is 44.4 Å². The molecule has 7 heteroatoms. The zero-order chi connectivity index (χ0) is 14.6. The van der Waals surface area contributed by atoms with Crippen LogP contribution in [-0.2, 0) is 21.2 Å². The van der Waals surface area contributed by atoms with Crippen LogP contribution in [0.25, 0.3) is 0 Å². The van der Waals surface area contributed by atoms with Crippen molar-refractivity contribution in [2.75, 3.05) is 25.6 Å². The van der Waals surface area contributed by atoms with Gasteiger partial charge in [0.25, 0.3) is 10.0 Å². The Kier molecular flexibility index (Phi) is 5.86. The summed E-state index contributed by atoms with van der Waals surface area (Å²) in [7, 11) is -3.34. The summed E-state index contributed by atoms with van der Waals surface area (Å²) < 4.78 is 32.6. The van der Waals surface area contributed by atoms with Gasteiger partial charge in [-0.25, -0.2) is 8.42 Å². The Hall–Kier alpha value is -0.140. The van der Waals surface area contributed by atoms with E-state index >= 15 is 0 Å². The minimum Gasteiger partial charge on any atom is -0.378 e. The van der Waals surface area contributed by atoms with Crippen LogP contribution in [0, 0.1) is 0 Å².